The minimum atomic E-state index is -0.382. The van der Waals surface area contributed by atoms with Gasteiger partial charge in [-0.3, -0.25) is 0 Å². The average Bonchev–Trinajstić information content (AvgIpc) is 2.46. The van der Waals surface area contributed by atoms with Crippen molar-refractivity contribution in [3.63, 3.8) is 0 Å². The molecule has 1 saturated carbocycles. The minimum absolute atomic E-state index is 0.382. The number of nitrogens with zero attached hydrogens (tertiary/aromatic N) is 2. The van der Waals surface area contributed by atoms with Crippen molar-refractivity contribution in [2.24, 2.45) is 11.1 Å². The van der Waals surface area contributed by atoms with E-state index in [1.807, 2.05) is 18.2 Å². The molecule has 0 spiro atoms. The molecule has 1 aliphatic carbocycles. The summed E-state index contributed by atoms with van der Waals surface area (Å²) in [4.78, 5) is 19.1. The van der Waals surface area contributed by atoms with Crippen molar-refractivity contribution < 1.29 is 9.63 Å². The third-order valence-corrected chi connectivity index (χ3v) is 3.55. The van der Waals surface area contributed by atoms with E-state index in [1.54, 1.807) is 12.1 Å². The summed E-state index contributed by atoms with van der Waals surface area (Å²) in [5, 5.41) is 4.13. The van der Waals surface area contributed by atoms with Crippen LogP contribution in [0.5, 0.6) is 0 Å². The largest absolute Gasteiger partial charge is 0.365 e. The lowest BCUT2D eigenvalue weighted by Crippen LogP contribution is -2.30. The van der Waals surface area contributed by atoms with E-state index in [0.29, 0.717) is 11.5 Å². The van der Waals surface area contributed by atoms with Crippen molar-refractivity contribution >= 4 is 11.7 Å². The summed E-state index contributed by atoms with van der Waals surface area (Å²) < 4.78 is 0. The van der Waals surface area contributed by atoms with E-state index in [4.69, 9.17) is 4.84 Å². The highest BCUT2D eigenvalue weighted by Crippen LogP contribution is 2.22. The number of oxime groups is 1. The van der Waals surface area contributed by atoms with E-state index < -0.39 is 0 Å². The van der Waals surface area contributed by atoms with E-state index >= 15 is 0 Å². The number of carbonyl (C=O) groups excluding carboxylic acids is 1. The molecule has 1 aromatic carbocycles. The van der Waals surface area contributed by atoms with Crippen molar-refractivity contribution in [3.8, 4) is 0 Å². The first kappa shape index (κ1) is 14.7. The number of carbonyl (C=O) groups is 1. The Morgan fingerprint density at radius 1 is 1.30 bits per heavy atom. The Hall–Kier alpha value is -1.68. The van der Waals surface area contributed by atoms with E-state index in [-0.39, 0.29) is 5.97 Å². The number of hydrogen-bond acceptors (Lipinski definition) is 4. The van der Waals surface area contributed by atoms with Gasteiger partial charge in [-0.15, -0.1) is 0 Å². The Balaban J connectivity index is 1.99. The monoisotopic (exact) mass is 274 g/mol. The SMILES string of the molecule is CN(C)C[C@@H]1CCCC/C1=N/OC(=O)c1ccccc1. The summed E-state index contributed by atoms with van der Waals surface area (Å²) >= 11 is 0. The van der Waals surface area contributed by atoms with Gasteiger partial charge < -0.3 is 9.74 Å². The molecule has 1 aromatic rings. The van der Waals surface area contributed by atoms with Crippen LogP contribution < -0.4 is 0 Å². The predicted octanol–water partition coefficient (Wildman–Crippen LogP) is 2.95. The summed E-state index contributed by atoms with van der Waals surface area (Å²) in [6.07, 6.45) is 4.41. The van der Waals surface area contributed by atoms with Crippen LogP contribution in [0.2, 0.25) is 0 Å². The Morgan fingerprint density at radius 2 is 2.05 bits per heavy atom. The Bertz CT molecular complexity index is 469. The molecule has 0 saturated heterocycles. The van der Waals surface area contributed by atoms with Crippen LogP contribution in [0.3, 0.4) is 0 Å². The van der Waals surface area contributed by atoms with Gasteiger partial charge in [-0.05, 0) is 45.5 Å². The first-order chi connectivity index (χ1) is 9.66. The highest BCUT2D eigenvalue weighted by molar-refractivity contribution is 5.91. The molecule has 2 rings (SSSR count). The zero-order valence-corrected chi connectivity index (χ0v) is 12.2. The highest BCUT2D eigenvalue weighted by atomic mass is 16.7. The molecule has 4 nitrogen and oxygen atoms in total. The fourth-order valence-electron chi connectivity index (χ4n) is 2.55. The maximum absolute atomic E-state index is 11.9. The molecule has 0 aromatic heterocycles. The van der Waals surface area contributed by atoms with E-state index in [1.165, 1.54) is 6.42 Å². The first-order valence-electron chi connectivity index (χ1n) is 7.14. The van der Waals surface area contributed by atoms with Crippen LogP contribution in [0, 0.1) is 5.92 Å². The van der Waals surface area contributed by atoms with Crippen LogP contribution in [0.4, 0.5) is 0 Å². The molecule has 0 bridgehead atoms. The van der Waals surface area contributed by atoms with E-state index in [2.05, 4.69) is 24.2 Å². The molecule has 0 aliphatic heterocycles. The van der Waals surface area contributed by atoms with Crippen LogP contribution in [0.1, 0.15) is 36.0 Å². The van der Waals surface area contributed by atoms with Gasteiger partial charge in [0, 0.05) is 12.5 Å². The van der Waals surface area contributed by atoms with Gasteiger partial charge in [0.2, 0.25) is 0 Å². The molecule has 4 heteroatoms. The summed E-state index contributed by atoms with van der Waals surface area (Å²) in [7, 11) is 4.12. The van der Waals surface area contributed by atoms with Crippen LogP contribution in [-0.2, 0) is 4.84 Å². The van der Waals surface area contributed by atoms with Gasteiger partial charge in [0.1, 0.15) is 0 Å². The highest BCUT2D eigenvalue weighted by Gasteiger charge is 2.22. The fourth-order valence-corrected chi connectivity index (χ4v) is 2.55. The summed E-state index contributed by atoms with van der Waals surface area (Å²) in [5.74, 6) is 0.0228. The minimum Gasteiger partial charge on any atom is -0.313 e. The third-order valence-electron chi connectivity index (χ3n) is 3.55. The quantitative estimate of drug-likeness (QED) is 0.626. The summed E-state index contributed by atoms with van der Waals surface area (Å²) in [6, 6.07) is 8.98. The zero-order valence-electron chi connectivity index (χ0n) is 12.2. The Kier molecular flexibility index (Phi) is 5.30. The second kappa shape index (κ2) is 7.20. The molecule has 108 valence electrons. The van der Waals surface area contributed by atoms with Gasteiger partial charge in [0.25, 0.3) is 0 Å². The van der Waals surface area contributed by atoms with Crippen molar-refractivity contribution in [2.75, 3.05) is 20.6 Å². The van der Waals surface area contributed by atoms with Crippen molar-refractivity contribution in [1.82, 2.24) is 4.90 Å². The average molecular weight is 274 g/mol. The van der Waals surface area contributed by atoms with Gasteiger partial charge in [0.05, 0.1) is 11.3 Å². The first-order valence-corrected chi connectivity index (χ1v) is 7.14. The molecule has 0 amide bonds. The molecule has 0 unspecified atom stereocenters. The van der Waals surface area contributed by atoms with Gasteiger partial charge >= 0.3 is 5.97 Å². The summed E-state index contributed by atoms with van der Waals surface area (Å²) in [5.41, 5.74) is 1.56. The predicted molar refractivity (Wildman–Crippen MR) is 79.8 cm³/mol. The van der Waals surface area contributed by atoms with Crippen molar-refractivity contribution in [2.45, 2.75) is 25.7 Å². The standard InChI is InChI=1S/C16H22N2O2/c1-18(2)12-14-10-6-7-11-15(14)17-20-16(19)13-8-4-3-5-9-13/h3-5,8-9,14H,6-7,10-12H2,1-2H3/b17-15-/t14-/m0/s1. The van der Waals surface area contributed by atoms with E-state index in [9.17, 15) is 4.79 Å². The van der Waals surface area contributed by atoms with Crippen molar-refractivity contribution in [1.29, 1.82) is 0 Å². The smallest absolute Gasteiger partial charge is 0.313 e. The molecule has 1 atom stereocenters. The topological polar surface area (TPSA) is 41.9 Å². The van der Waals surface area contributed by atoms with Crippen LogP contribution in [0.25, 0.3) is 0 Å². The van der Waals surface area contributed by atoms with Crippen LogP contribution >= 0.6 is 0 Å². The molecule has 0 radical (unpaired) electrons. The number of benzene rings is 1. The summed E-state index contributed by atoms with van der Waals surface area (Å²) in [6.45, 7) is 0.960. The lowest BCUT2D eigenvalue weighted by Gasteiger charge is -2.25. The molecule has 1 fully saturated rings. The molecular weight excluding hydrogens is 252 g/mol. The second-order valence-corrected chi connectivity index (χ2v) is 5.53. The second-order valence-electron chi connectivity index (χ2n) is 5.53. The van der Waals surface area contributed by atoms with Gasteiger partial charge in [-0.2, -0.15) is 0 Å². The molecular formula is C16H22N2O2. The molecule has 20 heavy (non-hydrogen) atoms. The normalized spacial score (nSPS) is 21.1. The van der Waals surface area contributed by atoms with E-state index in [0.717, 1.165) is 31.5 Å². The van der Waals surface area contributed by atoms with Gasteiger partial charge in [0.15, 0.2) is 0 Å². The number of hydrogen-bond donors (Lipinski definition) is 0. The Morgan fingerprint density at radius 3 is 2.75 bits per heavy atom. The third kappa shape index (κ3) is 4.17. The van der Waals surface area contributed by atoms with Crippen LogP contribution in [0.15, 0.2) is 35.5 Å². The molecule has 1 aliphatic rings. The van der Waals surface area contributed by atoms with Gasteiger partial charge in [-0.25, -0.2) is 4.79 Å². The zero-order chi connectivity index (χ0) is 14.4. The van der Waals surface area contributed by atoms with Gasteiger partial charge in [-0.1, -0.05) is 29.8 Å². The maximum atomic E-state index is 11.9. The Labute approximate surface area is 120 Å². The lowest BCUT2D eigenvalue weighted by molar-refractivity contribution is 0.0511. The number of rotatable bonds is 4. The molecule has 0 N–H and O–H groups in total. The van der Waals surface area contributed by atoms with Crippen LogP contribution in [-0.4, -0.2) is 37.2 Å². The maximum Gasteiger partial charge on any atom is 0.365 e. The van der Waals surface area contributed by atoms with Crippen molar-refractivity contribution in [3.05, 3.63) is 35.9 Å². The fraction of sp³-hybridized carbons (Fsp3) is 0.500. The molecule has 0 heterocycles. The lowest BCUT2D eigenvalue weighted by atomic mass is 9.87.